The van der Waals surface area contributed by atoms with Gasteiger partial charge in [-0.05, 0) is 86.5 Å². The van der Waals surface area contributed by atoms with Crippen molar-refractivity contribution in [3.05, 3.63) is 89.2 Å². The third-order valence-electron chi connectivity index (χ3n) is 6.38. The zero-order valence-electron chi connectivity index (χ0n) is 23.3. The first-order valence-corrected chi connectivity index (χ1v) is 15.2. The topological polar surface area (TPSA) is 96.0 Å². The average molecular weight is 604 g/mol. The molecule has 0 fully saturated rings. The lowest BCUT2D eigenvalue weighted by atomic mass is 10.1. The SMILES string of the molecule is CCCCNC(=O)[C@H](C)N(Cc1ccc(Cl)cc1)C(=O)CN(c1ccc(OCC)cc1)S(=O)(=O)c1ccc(F)cc1. The van der Waals surface area contributed by atoms with E-state index in [-0.39, 0.29) is 23.0 Å². The van der Waals surface area contributed by atoms with Crippen molar-refractivity contribution in [2.45, 2.75) is 51.1 Å². The molecule has 0 spiro atoms. The van der Waals surface area contributed by atoms with E-state index in [1.165, 1.54) is 17.0 Å². The Morgan fingerprint density at radius 3 is 2.20 bits per heavy atom. The number of nitrogens with zero attached hydrogens (tertiary/aromatic N) is 2. The maximum absolute atomic E-state index is 13.9. The van der Waals surface area contributed by atoms with Gasteiger partial charge in [-0.2, -0.15) is 0 Å². The van der Waals surface area contributed by atoms with Crippen LogP contribution in [0.25, 0.3) is 0 Å². The van der Waals surface area contributed by atoms with Gasteiger partial charge >= 0.3 is 0 Å². The lowest BCUT2D eigenvalue weighted by molar-refractivity contribution is -0.139. The Labute approximate surface area is 246 Å². The molecule has 2 amide bonds. The van der Waals surface area contributed by atoms with E-state index in [2.05, 4.69) is 5.32 Å². The van der Waals surface area contributed by atoms with E-state index in [0.29, 0.717) is 29.5 Å². The highest BCUT2D eigenvalue weighted by Gasteiger charge is 2.32. The van der Waals surface area contributed by atoms with E-state index < -0.39 is 34.3 Å². The summed E-state index contributed by atoms with van der Waals surface area (Å²) < 4.78 is 47.6. The number of hydrogen-bond acceptors (Lipinski definition) is 5. The van der Waals surface area contributed by atoms with Crippen molar-refractivity contribution in [2.24, 2.45) is 0 Å². The van der Waals surface area contributed by atoms with E-state index in [1.54, 1.807) is 43.3 Å². The Balaban J connectivity index is 2.00. The Kier molecular flexibility index (Phi) is 11.5. The summed E-state index contributed by atoms with van der Waals surface area (Å²) in [4.78, 5) is 28.1. The highest BCUT2D eigenvalue weighted by molar-refractivity contribution is 7.92. The largest absolute Gasteiger partial charge is 0.494 e. The molecule has 3 aromatic rings. The third-order valence-corrected chi connectivity index (χ3v) is 8.42. The molecule has 3 rings (SSSR count). The summed E-state index contributed by atoms with van der Waals surface area (Å²) in [7, 11) is -4.31. The Bertz CT molecular complexity index is 1400. The number of ether oxygens (including phenoxy) is 1. The van der Waals surface area contributed by atoms with Crippen LogP contribution >= 0.6 is 11.6 Å². The molecule has 0 aliphatic heterocycles. The van der Waals surface area contributed by atoms with Gasteiger partial charge in [-0.25, -0.2) is 12.8 Å². The highest BCUT2D eigenvalue weighted by atomic mass is 35.5. The fraction of sp³-hybridized carbons (Fsp3) is 0.333. The first kappa shape index (κ1) is 31.9. The van der Waals surface area contributed by atoms with Crippen molar-refractivity contribution in [3.63, 3.8) is 0 Å². The van der Waals surface area contributed by atoms with Crippen molar-refractivity contribution >= 4 is 39.1 Å². The molecular formula is C30H35ClFN3O5S. The number of amides is 2. The fourth-order valence-corrected chi connectivity index (χ4v) is 5.58. The summed E-state index contributed by atoms with van der Waals surface area (Å²) in [6.07, 6.45) is 1.67. The van der Waals surface area contributed by atoms with Gasteiger partial charge in [0.15, 0.2) is 0 Å². The molecule has 0 bridgehead atoms. The zero-order chi connectivity index (χ0) is 30.0. The fourth-order valence-electron chi connectivity index (χ4n) is 4.04. The van der Waals surface area contributed by atoms with Crippen LogP contribution < -0.4 is 14.4 Å². The number of carbonyl (C=O) groups is 2. The van der Waals surface area contributed by atoms with E-state index in [1.807, 2.05) is 13.8 Å². The van der Waals surface area contributed by atoms with Crippen LogP contribution in [0.1, 0.15) is 39.2 Å². The Hall–Kier alpha value is -3.63. The number of anilines is 1. The first-order valence-electron chi connectivity index (χ1n) is 13.4. The molecule has 8 nitrogen and oxygen atoms in total. The molecule has 0 heterocycles. The van der Waals surface area contributed by atoms with Crippen molar-refractivity contribution in [1.29, 1.82) is 0 Å². The van der Waals surface area contributed by atoms with Gasteiger partial charge in [-0.3, -0.25) is 13.9 Å². The van der Waals surface area contributed by atoms with E-state index >= 15 is 0 Å². The monoisotopic (exact) mass is 603 g/mol. The molecule has 41 heavy (non-hydrogen) atoms. The predicted molar refractivity (Wildman–Crippen MR) is 158 cm³/mol. The molecule has 0 saturated carbocycles. The minimum atomic E-state index is -4.31. The molecule has 0 radical (unpaired) electrons. The Morgan fingerprint density at radius 1 is 0.976 bits per heavy atom. The van der Waals surface area contributed by atoms with Crippen LogP contribution in [0.2, 0.25) is 5.02 Å². The smallest absolute Gasteiger partial charge is 0.264 e. The summed E-state index contributed by atoms with van der Waals surface area (Å²) in [5.41, 5.74) is 0.919. The van der Waals surface area contributed by atoms with Gasteiger partial charge in [0, 0.05) is 18.1 Å². The number of halogens is 2. The minimum Gasteiger partial charge on any atom is -0.494 e. The van der Waals surface area contributed by atoms with Crippen LogP contribution in [0.5, 0.6) is 5.75 Å². The number of nitrogens with one attached hydrogen (secondary N) is 1. The van der Waals surface area contributed by atoms with Gasteiger partial charge in [-0.15, -0.1) is 0 Å². The number of sulfonamides is 1. The average Bonchev–Trinajstić information content (AvgIpc) is 2.96. The first-order chi connectivity index (χ1) is 19.6. The lowest BCUT2D eigenvalue weighted by Crippen LogP contribution is -2.51. The van der Waals surface area contributed by atoms with Crippen molar-refractivity contribution < 1.29 is 27.1 Å². The second-order valence-electron chi connectivity index (χ2n) is 9.36. The molecule has 3 aromatic carbocycles. The number of carbonyl (C=O) groups excluding carboxylic acids is 2. The second kappa shape index (κ2) is 14.8. The zero-order valence-corrected chi connectivity index (χ0v) is 24.9. The van der Waals surface area contributed by atoms with Crippen LogP contribution in [0.15, 0.2) is 77.7 Å². The maximum Gasteiger partial charge on any atom is 0.264 e. The highest BCUT2D eigenvalue weighted by Crippen LogP contribution is 2.27. The molecule has 0 aromatic heterocycles. The summed E-state index contributed by atoms with van der Waals surface area (Å²) >= 11 is 6.03. The molecule has 11 heteroatoms. The Morgan fingerprint density at radius 2 is 1.61 bits per heavy atom. The van der Waals surface area contributed by atoms with Gasteiger partial charge in [0.25, 0.3) is 10.0 Å². The normalized spacial score (nSPS) is 11.9. The second-order valence-corrected chi connectivity index (χ2v) is 11.7. The minimum absolute atomic E-state index is 0.0477. The van der Waals surface area contributed by atoms with Crippen LogP contribution in [-0.2, 0) is 26.2 Å². The van der Waals surface area contributed by atoms with Crippen molar-refractivity contribution in [3.8, 4) is 5.75 Å². The van der Waals surface area contributed by atoms with Gasteiger partial charge in [0.2, 0.25) is 11.8 Å². The molecule has 1 atom stereocenters. The van der Waals surface area contributed by atoms with Crippen LogP contribution in [-0.4, -0.2) is 50.9 Å². The molecule has 0 unspecified atom stereocenters. The van der Waals surface area contributed by atoms with Crippen molar-refractivity contribution in [1.82, 2.24) is 10.2 Å². The summed E-state index contributed by atoms with van der Waals surface area (Å²) in [6, 6.07) is 16.6. The summed E-state index contributed by atoms with van der Waals surface area (Å²) in [5.74, 6) is -1.01. The van der Waals surface area contributed by atoms with Crippen molar-refractivity contribution in [2.75, 3.05) is 24.0 Å². The summed E-state index contributed by atoms with van der Waals surface area (Å²) in [6.45, 7) is 5.76. The number of benzene rings is 3. The van der Waals surface area contributed by atoms with Gasteiger partial charge in [0.1, 0.15) is 24.2 Å². The van der Waals surface area contributed by atoms with Gasteiger partial charge < -0.3 is 15.0 Å². The van der Waals surface area contributed by atoms with Crippen LogP contribution in [0, 0.1) is 5.82 Å². The third kappa shape index (κ3) is 8.68. The van der Waals surface area contributed by atoms with E-state index in [9.17, 15) is 22.4 Å². The quantitative estimate of drug-likeness (QED) is 0.249. The molecule has 0 aliphatic rings. The number of rotatable bonds is 14. The van der Waals surface area contributed by atoms with E-state index in [4.69, 9.17) is 16.3 Å². The predicted octanol–water partition coefficient (Wildman–Crippen LogP) is 5.41. The standard InChI is InChI=1S/C30H35ClFN3O5S/c1-4-6-19-33-30(37)22(3)34(20-23-7-9-24(31)10-8-23)29(36)21-35(26-13-15-27(16-14-26)40-5-2)41(38,39)28-17-11-25(32)12-18-28/h7-18,22H,4-6,19-21H2,1-3H3,(H,33,37)/t22-/m0/s1. The summed E-state index contributed by atoms with van der Waals surface area (Å²) in [5, 5.41) is 3.36. The van der Waals surface area contributed by atoms with Gasteiger partial charge in [-0.1, -0.05) is 37.1 Å². The molecule has 1 N–H and O–H groups in total. The lowest BCUT2D eigenvalue weighted by Gasteiger charge is -2.32. The number of unbranched alkanes of at least 4 members (excludes halogenated alkanes) is 1. The molecule has 220 valence electrons. The van der Waals surface area contributed by atoms with Crippen LogP contribution in [0.4, 0.5) is 10.1 Å². The molecule has 0 saturated heterocycles. The maximum atomic E-state index is 13.9. The van der Waals surface area contributed by atoms with E-state index in [0.717, 1.165) is 41.4 Å². The molecule has 0 aliphatic carbocycles. The molecular weight excluding hydrogens is 569 g/mol. The van der Waals surface area contributed by atoms with Crippen LogP contribution in [0.3, 0.4) is 0 Å². The van der Waals surface area contributed by atoms with Gasteiger partial charge in [0.05, 0.1) is 17.2 Å². The number of hydrogen-bond donors (Lipinski definition) is 1.